The van der Waals surface area contributed by atoms with Crippen LogP contribution in [0, 0.1) is 0 Å². The molecule has 0 aromatic heterocycles. The van der Waals surface area contributed by atoms with Crippen molar-refractivity contribution in [3.63, 3.8) is 0 Å². The average Bonchev–Trinajstić information content (AvgIpc) is 2.37. The lowest BCUT2D eigenvalue weighted by Crippen LogP contribution is -2.18. The lowest BCUT2D eigenvalue weighted by molar-refractivity contribution is -0.137. The summed E-state index contributed by atoms with van der Waals surface area (Å²) in [5.74, 6) is -0.871. The molecule has 0 aliphatic heterocycles. The number of hydrogen-bond acceptors (Lipinski definition) is 5. The largest absolute Gasteiger partial charge is 0.497 e. The topological polar surface area (TPSA) is 61.8 Å². The van der Waals surface area contributed by atoms with Crippen molar-refractivity contribution in [2.24, 2.45) is 0 Å². The minimum atomic E-state index is -0.904. The minimum Gasteiger partial charge on any atom is -0.497 e. The Labute approximate surface area is 99.3 Å². The summed E-state index contributed by atoms with van der Waals surface area (Å²) >= 11 is 0. The van der Waals surface area contributed by atoms with Gasteiger partial charge in [0.1, 0.15) is 11.5 Å². The van der Waals surface area contributed by atoms with E-state index >= 15 is 0 Å². The number of carbonyl (C=O) groups excluding carboxylic acids is 2. The molecule has 0 atom stereocenters. The highest BCUT2D eigenvalue weighted by Gasteiger charge is 2.22. The van der Waals surface area contributed by atoms with Gasteiger partial charge in [-0.25, -0.2) is 4.79 Å². The summed E-state index contributed by atoms with van der Waals surface area (Å²) in [4.78, 5) is 23.1. The predicted octanol–water partition coefficient (Wildman–Crippen LogP) is 1.45. The highest BCUT2D eigenvalue weighted by atomic mass is 16.5. The van der Waals surface area contributed by atoms with Crippen LogP contribution < -0.4 is 9.47 Å². The zero-order valence-corrected chi connectivity index (χ0v) is 9.98. The molecule has 0 fully saturated rings. The van der Waals surface area contributed by atoms with E-state index in [0.29, 0.717) is 11.5 Å². The first-order valence-corrected chi connectivity index (χ1v) is 5.07. The maximum atomic E-state index is 11.8. The Kier molecular flexibility index (Phi) is 4.51. The van der Waals surface area contributed by atoms with E-state index < -0.39 is 11.8 Å². The predicted molar refractivity (Wildman–Crippen MR) is 60.5 cm³/mol. The lowest BCUT2D eigenvalue weighted by atomic mass is 10.1. The fourth-order valence-corrected chi connectivity index (χ4v) is 1.30. The van der Waals surface area contributed by atoms with Crippen LogP contribution in [0.3, 0.4) is 0 Å². The van der Waals surface area contributed by atoms with Crippen LogP contribution in [-0.4, -0.2) is 32.6 Å². The van der Waals surface area contributed by atoms with E-state index in [-0.39, 0.29) is 12.2 Å². The van der Waals surface area contributed by atoms with Crippen LogP contribution in [0.5, 0.6) is 11.5 Å². The molecule has 0 bridgehead atoms. The normalized spacial score (nSPS) is 9.59. The summed E-state index contributed by atoms with van der Waals surface area (Å²) in [6.45, 7) is 1.78. The molecule has 1 rings (SSSR count). The van der Waals surface area contributed by atoms with Crippen LogP contribution in [0.4, 0.5) is 0 Å². The van der Waals surface area contributed by atoms with E-state index in [9.17, 15) is 9.59 Å². The smallest absolute Gasteiger partial charge is 0.379 e. The van der Waals surface area contributed by atoms with Crippen LogP contribution in [0.1, 0.15) is 17.3 Å². The third-order valence-corrected chi connectivity index (χ3v) is 2.11. The number of methoxy groups -OCH3 is 2. The molecule has 0 amide bonds. The molecule has 0 spiro atoms. The van der Waals surface area contributed by atoms with Gasteiger partial charge in [-0.15, -0.1) is 0 Å². The molecular formula is C12H14O5. The lowest BCUT2D eigenvalue weighted by Gasteiger charge is -2.08. The van der Waals surface area contributed by atoms with Gasteiger partial charge in [0.25, 0.3) is 5.78 Å². The second kappa shape index (κ2) is 5.89. The fourth-order valence-electron chi connectivity index (χ4n) is 1.30. The van der Waals surface area contributed by atoms with Crippen LogP contribution in [-0.2, 0) is 9.53 Å². The molecule has 5 heteroatoms. The third kappa shape index (κ3) is 2.96. The Morgan fingerprint density at radius 1 is 1.18 bits per heavy atom. The molecule has 0 unspecified atom stereocenters. The van der Waals surface area contributed by atoms with E-state index in [1.165, 1.54) is 20.3 Å². The molecule has 17 heavy (non-hydrogen) atoms. The summed E-state index contributed by atoms with van der Waals surface area (Å²) in [7, 11) is 2.89. The van der Waals surface area contributed by atoms with Crippen LogP contribution in [0.25, 0.3) is 0 Å². The van der Waals surface area contributed by atoms with Crippen molar-refractivity contribution < 1.29 is 23.8 Å². The van der Waals surface area contributed by atoms with Crippen molar-refractivity contribution in [1.82, 2.24) is 0 Å². The van der Waals surface area contributed by atoms with Gasteiger partial charge >= 0.3 is 5.97 Å². The van der Waals surface area contributed by atoms with Crippen LogP contribution in [0.2, 0.25) is 0 Å². The third-order valence-electron chi connectivity index (χ3n) is 2.11. The highest BCUT2D eigenvalue weighted by molar-refractivity contribution is 6.41. The maximum absolute atomic E-state index is 11.8. The summed E-state index contributed by atoms with van der Waals surface area (Å²) in [6, 6.07) is 4.64. The molecule has 1 aromatic rings. The molecule has 0 heterocycles. The number of esters is 1. The number of Topliss-reactive ketones (excluding diaryl/α,β-unsaturated/α-hetero) is 1. The van der Waals surface area contributed by atoms with Gasteiger partial charge in [0.05, 0.1) is 26.4 Å². The number of ether oxygens (including phenoxy) is 3. The Bertz CT molecular complexity index is 425. The number of ketones is 1. The van der Waals surface area contributed by atoms with E-state index in [1.54, 1.807) is 19.1 Å². The second-order valence-electron chi connectivity index (χ2n) is 3.12. The monoisotopic (exact) mass is 238 g/mol. The van der Waals surface area contributed by atoms with E-state index in [4.69, 9.17) is 9.47 Å². The zero-order chi connectivity index (χ0) is 12.8. The zero-order valence-electron chi connectivity index (χ0n) is 9.98. The van der Waals surface area contributed by atoms with Gasteiger partial charge < -0.3 is 14.2 Å². The standard InChI is InChI=1S/C12H14O5/c1-4-17-12(14)11(13)9-7-8(15-2)5-6-10(9)16-3/h5-7H,4H2,1-3H3. The van der Waals surface area contributed by atoms with Gasteiger partial charge in [0, 0.05) is 0 Å². The van der Waals surface area contributed by atoms with Gasteiger partial charge in [0.2, 0.25) is 0 Å². The molecule has 0 radical (unpaired) electrons. The first-order chi connectivity index (χ1) is 8.13. The number of hydrogen-bond donors (Lipinski definition) is 0. The van der Waals surface area contributed by atoms with Crippen molar-refractivity contribution in [2.75, 3.05) is 20.8 Å². The summed E-state index contributed by atoms with van der Waals surface area (Å²) in [6.07, 6.45) is 0. The van der Waals surface area contributed by atoms with E-state index in [1.807, 2.05) is 0 Å². The maximum Gasteiger partial charge on any atom is 0.379 e. The van der Waals surface area contributed by atoms with E-state index in [0.717, 1.165) is 0 Å². The minimum absolute atomic E-state index is 0.130. The van der Waals surface area contributed by atoms with Crippen molar-refractivity contribution in [1.29, 1.82) is 0 Å². The summed E-state index contributed by atoms with van der Waals surface area (Å²) in [5, 5.41) is 0. The molecule has 0 saturated carbocycles. The Morgan fingerprint density at radius 3 is 2.41 bits per heavy atom. The summed E-state index contributed by atoms with van der Waals surface area (Å²) < 4.78 is 14.6. The highest BCUT2D eigenvalue weighted by Crippen LogP contribution is 2.24. The molecule has 0 saturated heterocycles. The molecule has 1 aromatic carbocycles. The Morgan fingerprint density at radius 2 is 1.88 bits per heavy atom. The fraction of sp³-hybridized carbons (Fsp3) is 0.333. The Balaban J connectivity index is 3.09. The summed E-state index contributed by atoms with van der Waals surface area (Å²) in [5.41, 5.74) is 0.130. The molecule has 0 aliphatic rings. The van der Waals surface area contributed by atoms with E-state index in [2.05, 4.69) is 4.74 Å². The number of rotatable bonds is 5. The molecule has 5 nitrogen and oxygen atoms in total. The number of benzene rings is 1. The quantitative estimate of drug-likeness (QED) is 0.441. The SMILES string of the molecule is CCOC(=O)C(=O)c1cc(OC)ccc1OC. The van der Waals surface area contributed by atoms with Gasteiger partial charge in [0.15, 0.2) is 0 Å². The van der Waals surface area contributed by atoms with Gasteiger partial charge in [-0.2, -0.15) is 0 Å². The first-order valence-electron chi connectivity index (χ1n) is 5.07. The van der Waals surface area contributed by atoms with Crippen LogP contribution in [0.15, 0.2) is 18.2 Å². The van der Waals surface area contributed by atoms with Gasteiger partial charge in [-0.3, -0.25) is 4.79 Å². The molecular weight excluding hydrogens is 224 g/mol. The number of carbonyl (C=O) groups is 2. The first kappa shape index (κ1) is 13.0. The van der Waals surface area contributed by atoms with Gasteiger partial charge in [-0.05, 0) is 25.1 Å². The molecule has 92 valence electrons. The average molecular weight is 238 g/mol. The van der Waals surface area contributed by atoms with Crippen molar-refractivity contribution in [2.45, 2.75) is 6.92 Å². The van der Waals surface area contributed by atoms with Crippen molar-refractivity contribution in [3.05, 3.63) is 23.8 Å². The van der Waals surface area contributed by atoms with Crippen molar-refractivity contribution >= 4 is 11.8 Å². The molecule has 0 aliphatic carbocycles. The Hall–Kier alpha value is -2.04. The van der Waals surface area contributed by atoms with Crippen molar-refractivity contribution in [3.8, 4) is 11.5 Å². The van der Waals surface area contributed by atoms with Gasteiger partial charge in [-0.1, -0.05) is 0 Å². The van der Waals surface area contributed by atoms with Crippen LogP contribution >= 0.6 is 0 Å². The molecule has 0 N–H and O–H groups in total. The second-order valence-corrected chi connectivity index (χ2v) is 3.12.